The summed E-state index contributed by atoms with van der Waals surface area (Å²) in [7, 11) is 0. The second-order valence-electron chi connectivity index (χ2n) is 3.20. The summed E-state index contributed by atoms with van der Waals surface area (Å²) in [5.74, 6) is -1.45. The molecule has 1 rings (SSSR count). The number of carboxylic acid groups (broad SMARTS) is 1. The highest BCUT2D eigenvalue weighted by Gasteiger charge is 2.16. The number of rotatable bonds is 4. The third-order valence-corrected chi connectivity index (χ3v) is 2.26. The summed E-state index contributed by atoms with van der Waals surface area (Å²) in [6.45, 7) is 1.16. The van der Waals surface area contributed by atoms with Crippen LogP contribution in [0.2, 0.25) is 0 Å². The predicted octanol–water partition coefficient (Wildman–Crippen LogP) is 2.39. The first kappa shape index (κ1) is 10.7. The van der Waals surface area contributed by atoms with Crippen molar-refractivity contribution in [2.24, 2.45) is 0 Å². The quantitative estimate of drug-likeness (QED) is 0.802. The second kappa shape index (κ2) is 4.74. The zero-order valence-electron chi connectivity index (χ0n) is 8.03. The van der Waals surface area contributed by atoms with Gasteiger partial charge in [0.25, 0.3) is 0 Å². The molecule has 0 aliphatic heterocycles. The van der Waals surface area contributed by atoms with Gasteiger partial charge in [0.05, 0.1) is 12.6 Å². The highest BCUT2D eigenvalue weighted by molar-refractivity contribution is 5.76. The normalized spacial score (nSPS) is 12.4. The van der Waals surface area contributed by atoms with Gasteiger partial charge < -0.3 is 5.11 Å². The van der Waals surface area contributed by atoms with Gasteiger partial charge in [0.15, 0.2) is 0 Å². The monoisotopic (exact) mass is 196 g/mol. The summed E-state index contributed by atoms with van der Waals surface area (Å²) in [5, 5.41) is 8.83. The average molecular weight is 196 g/mol. The lowest BCUT2D eigenvalue weighted by molar-refractivity contribution is -0.138. The van der Waals surface area contributed by atoms with Gasteiger partial charge in [0, 0.05) is 6.42 Å². The fourth-order valence-corrected chi connectivity index (χ4v) is 1.42. The fraction of sp³-hybridized carbons (Fsp3) is 0.364. The highest BCUT2D eigenvalue weighted by Crippen LogP contribution is 2.20. The van der Waals surface area contributed by atoms with E-state index >= 15 is 0 Å². The van der Waals surface area contributed by atoms with Gasteiger partial charge in [-0.05, 0) is 18.1 Å². The lowest BCUT2D eigenvalue weighted by Crippen LogP contribution is -2.10. The van der Waals surface area contributed by atoms with Crippen LogP contribution in [0.25, 0.3) is 0 Å². The van der Waals surface area contributed by atoms with Gasteiger partial charge in [0.1, 0.15) is 0 Å². The Morgan fingerprint density at radius 2 is 2.14 bits per heavy atom. The van der Waals surface area contributed by atoms with Crippen molar-refractivity contribution in [1.82, 2.24) is 0 Å². The Bertz CT molecular complexity index is 323. The first-order valence-corrected chi connectivity index (χ1v) is 4.53. The number of carboxylic acids is 1. The number of hydrogen-bond donors (Lipinski definition) is 1. The number of carbonyl (C=O) groups is 1. The molecule has 1 aromatic rings. The lowest BCUT2D eigenvalue weighted by Gasteiger charge is -2.11. The standard InChI is InChI=1S/C11H13FO2/c1-8(11(13)14)10-5-3-2-4-9(10)6-7-12/h2-5,8H,6-7H2,1H3,(H,13,14). The van der Waals surface area contributed by atoms with E-state index in [0.717, 1.165) is 5.56 Å². The Balaban J connectivity index is 3.00. The van der Waals surface area contributed by atoms with Crippen molar-refractivity contribution in [1.29, 1.82) is 0 Å². The molecule has 0 saturated carbocycles. The molecule has 1 atom stereocenters. The Kier molecular flexibility index (Phi) is 3.63. The van der Waals surface area contributed by atoms with Gasteiger partial charge >= 0.3 is 5.97 Å². The summed E-state index contributed by atoms with van der Waals surface area (Å²) in [6, 6.07) is 7.08. The summed E-state index contributed by atoms with van der Waals surface area (Å²) < 4.78 is 12.2. The van der Waals surface area contributed by atoms with Crippen LogP contribution in [0, 0.1) is 0 Å². The maximum absolute atomic E-state index is 12.2. The van der Waals surface area contributed by atoms with E-state index in [2.05, 4.69) is 0 Å². The summed E-state index contributed by atoms with van der Waals surface area (Å²) in [4.78, 5) is 10.8. The van der Waals surface area contributed by atoms with Crippen LogP contribution in [0.15, 0.2) is 24.3 Å². The minimum absolute atomic E-state index is 0.286. The summed E-state index contributed by atoms with van der Waals surface area (Å²) in [6.07, 6.45) is 0.286. The van der Waals surface area contributed by atoms with Crippen molar-refractivity contribution >= 4 is 5.97 Å². The van der Waals surface area contributed by atoms with Gasteiger partial charge in [0.2, 0.25) is 0 Å². The van der Waals surface area contributed by atoms with E-state index in [1.807, 2.05) is 0 Å². The fourth-order valence-electron chi connectivity index (χ4n) is 1.42. The maximum Gasteiger partial charge on any atom is 0.310 e. The molecule has 1 aromatic carbocycles. The zero-order valence-corrected chi connectivity index (χ0v) is 8.03. The van der Waals surface area contributed by atoms with E-state index in [1.54, 1.807) is 31.2 Å². The summed E-state index contributed by atoms with van der Waals surface area (Å²) >= 11 is 0. The Labute approximate surface area is 82.4 Å². The van der Waals surface area contributed by atoms with Gasteiger partial charge in [-0.2, -0.15) is 0 Å². The first-order valence-electron chi connectivity index (χ1n) is 4.53. The number of benzene rings is 1. The van der Waals surface area contributed by atoms with Crippen LogP contribution in [-0.4, -0.2) is 17.8 Å². The van der Waals surface area contributed by atoms with Crippen molar-refractivity contribution in [2.75, 3.05) is 6.67 Å². The molecule has 2 nitrogen and oxygen atoms in total. The van der Waals surface area contributed by atoms with Crippen molar-refractivity contribution in [3.05, 3.63) is 35.4 Å². The molecule has 1 N–H and O–H groups in total. The molecule has 1 unspecified atom stereocenters. The minimum Gasteiger partial charge on any atom is -0.481 e. The van der Waals surface area contributed by atoms with Crippen molar-refractivity contribution < 1.29 is 14.3 Å². The molecule has 0 spiro atoms. The van der Waals surface area contributed by atoms with Crippen LogP contribution in [0.5, 0.6) is 0 Å². The van der Waals surface area contributed by atoms with E-state index in [1.165, 1.54) is 0 Å². The Morgan fingerprint density at radius 3 is 2.71 bits per heavy atom. The molecule has 0 radical (unpaired) electrons. The van der Waals surface area contributed by atoms with Crippen LogP contribution in [0.3, 0.4) is 0 Å². The third-order valence-electron chi connectivity index (χ3n) is 2.26. The molecule has 14 heavy (non-hydrogen) atoms. The minimum atomic E-state index is -0.878. The van der Waals surface area contributed by atoms with E-state index in [4.69, 9.17) is 5.11 Å². The first-order chi connectivity index (χ1) is 6.66. The van der Waals surface area contributed by atoms with Crippen molar-refractivity contribution in [2.45, 2.75) is 19.3 Å². The molecule has 76 valence electrons. The molecule has 0 aliphatic rings. The van der Waals surface area contributed by atoms with Gasteiger partial charge in [-0.25, -0.2) is 0 Å². The molecule has 0 aliphatic carbocycles. The van der Waals surface area contributed by atoms with E-state index in [0.29, 0.717) is 5.56 Å². The van der Waals surface area contributed by atoms with Gasteiger partial charge in [-0.15, -0.1) is 0 Å². The highest BCUT2D eigenvalue weighted by atomic mass is 19.1. The van der Waals surface area contributed by atoms with Crippen molar-refractivity contribution in [3.8, 4) is 0 Å². The number of aryl methyl sites for hydroxylation is 1. The average Bonchev–Trinajstić information content (AvgIpc) is 2.18. The molecule has 0 saturated heterocycles. The zero-order chi connectivity index (χ0) is 10.6. The SMILES string of the molecule is CC(C(=O)O)c1ccccc1CCF. The van der Waals surface area contributed by atoms with Crippen LogP contribution < -0.4 is 0 Å². The Morgan fingerprint density at radius 1 is 1.50 bits per heavy atom. The van der Waals surface area contributed by atoms with Crippen LogP contribution >= 0.6 is 0 Å². The topological polar surface area (TPSA) is 37.3 Å². The molecular weight excluding hydrogens is 183 g/mol. The van der Waals surface area contributed by atoms with Crippen LogP contribution in [-0.2, 0) is 11.2 Å². The molecule has 0 heterocycles. The van der Waals surface area contributed by atoms with Gasteiger partial charge in [-0.1, -0.05) is 24.3 Å². The number of alkyl halides is 1. The lowest BCUT2D eigenvalue weighted by atomic mass is 9.94. The number of hydrogen-bond acceptors (Lipinski definition) is 1. The Hall–Kier alpha value is -1.38. The largest absolute Gasteiger partial charge is 0.481 e. The van der Waals surface area contributed by atoms with Crippen molar-refractivity contribution in [3.63, 3.8) is 0 Å². The van der Waals surface area contributed by atoms with Gasteiger partial charge in [-0.3, -0.25) is 9.18 Å². The molecular formula is C11H13FO2. The summed E-state index contributed by atoms with van der Waals surface area (Å²) in [5.41, 5.74) is 1.49. The molecule has 0 bridgehead atoms. The number of aliphatic carboxylic acids is 1. The molecule has 0 aromatic heterocycles. The van der Waals surface area contributed by atoms with E-state index in [9.17, 15) is 9.18 Å². The maximum atomic E-state index is 12.2. The van der Waals surface area contributed by atoms with E-state index in [-0.39, 0.29) is 6.42 Å². The number of halogens is 1. The smallest absolute Gasteiger partial charge is 0.310 e. The molecule has 3 heteroatoms. The van der Waals surface area contributed by atoms with Crippen LogP contribution in [0.4, 0.5) is 4.39 Å². The molecule has 0 amide bonds. The third kappa shape index (κ3) is 2.31. The molecule has 0 fully saturated rings. The second-order valence-corrected chi connectivity index (χ2v) is 3.20. The van der Waals surface area contributed by atoms with E-state index < -0.39 is 18.6 Å². The van der Waals surface area contributed by atoms with Crippen LogP contribution in [0.1, 0.15) is 24.0 Å². The predicted molar refractivity (Wildman–Crippen MR) is 52.2 cm³/mol.